The molecule has 1 heterocycles. The van der Waals surface area contributed by atoms with E-state index < -0.39 is 0 Å². The van der Waals surface area contributed by atoms with Gasteiger partial charge in [-0.3, -0.25) is 0 Å². The van der Waals surface area contributed by atoms with Gasteiger partial charge in [0.25, 0.3) is 0 Å². The Morgan fingerprint density at radius 1 is 1.30 bits per heavy atom. The highest BCUT2D eigenvalue weighted by atomic mass is 15.1. The van der Waals surface area contributed by atoms with Gasteiger partial charge in [0.15, 0.2) is 0 Å². The Bertz CT molecular complexity index is 95.3. The first-order chi connectivity index (χ1) is 4.84. The number of hydrogen-bond acceptors (Lipinski definition) is 1. The predicted octanol–water partition coefficient (Wildman–Crippen LogP) is 1.92. The summed E-state index contributed by atoms with van der Waals surface area (Å²) in [7, 11) is 2.23. The Balaban J connectivity index is 2.35. The Morgan fingerprint density at radius 2 is 2.10 bits per heavy atom. The van der Waals surface area contributed by atoms with Crippen molar-refractivity contribution in [2.75, 3.05) is 6.54 Å². The molecule has 0 spiro atoms. The largest absolute Gasteiger partial charge is 0.345 e. The van der Waals surface area contributed by atoms with Crippen molar-refractivity contribution in [3.63, 3.8) is 0 Å². The third-order valence-corrected chi connectivity index (χ3v) is 2.44. The molecule has 1 aliphatic rings. The van der Waals surface area contributed by atoms with Gasteiger partial charge in [-0.05, 0) is 25.4 Å². The molecule has 0 saturated carbocycles. The fourth-order valence-corrected chi connectivity index (χ4v) is 1.68. The molecule has 0 aromatic rings. The Hall–Kier alpha value is 0.0249. The van der Waals surface area contributed by atoms with Crippen LogP contribution in [0.25, 0.3) is 0 Å². The molecule has 1 saturated heterocycles. The van der Waals surface area contributed by atoms with Crippen molar-refractivity contribution in [2.45, 2.75) is 45.5 Å². The van der Waals surface area contributed by atoms with Crippen LogP contribution in [0.15, 0.2) is 0 Å². The fourth-order valence-electron chi connectivity index (χ4n) is 1.68. The van der Waals surface area contributed by atoms with E-state index in [9.17, 15) is 0 Å². The summed E-state index contributed by atoms with van der Waals surface area (Å²) >= 11 is 0. The predicted molar refractivity (Wildman–Crippen MR) is 46.3 cm³/mol. The fraction of sp³-hybridized carbons (Fsp3) is 1.00. The molecule has 1 unspecified atom stereocenters. The minimum absolute atomic E-state index is 0.785. The van der Waals surface area contributed by atoms with Crippen molar-refractivity contribution in [3.05, 3.63) is 0 Å². The van der Waals surface area contributed by atoms with Crippen LogP contribution in [-0.2, 0) is 0 Å². The molecule has 1 radical (unpaired) electrons. The second kappa shape index (κ2) is 4.02. The number of nitrogens with zero attached hydrogens (tertiary/aromatic N) is 1. The Kier molecular flexibility index (Phi) is 3.27. The normalized spacial score (nSPS) is 29.6. The van der Waals surface area contributed by atoms with Crippen molar-refractivity contribution in [2.24, 2.45) is 0 Å². The molecule has 0 aromatic carbocycles. The van der Waals surface area contributed by atoms with Gasteiger partial charge in [-0.25, -0.2) is 0 Å². The lowest BCUT2D eigenvalue weighted by molar-refractivity contribution is 0.358. The van der Waals surface area contributed by atoms with Crippen LogP contribution in [-0.4, -0.2) is 24.8 Å². The van der Waals surface area contributed by atoms with Gasteiger partial charge in [0, 0.05) is 0 Å². The third-order valence-electron chi connectivity index (χ3n) is 2.44. The van der Waals surface area contributed by atoms with Crippen LogP contribution < -0.4 is 0 Å². The molecule has 0 N–H and O–H groups in total. The molecular weight excluding hydrogens is 121 g/mol. The summed E-state index contributed by atoms with van der Waals surface area (Å²) in [6, 6.07) is 0.785. The van der Waals surface area contributed by atoms with Gasteiger partial charge in [-0.2, -0.15) is 0 Å². The average Bonchev–Trinajstić information content (AvgIpc) is 2.13. The van der Waals surface area contributed by atoms with E-state index in [1.807, 2.05) is 0 Å². The highest BCUT2D eigenvalue weighted by molar-refractivity contribution is 6.29. The molecule has 1 rings (SSSR count). The summed E-state index contributed by atoms with van der Waals surface area (Å²) < 4.78 is 0. The molecule has 0 aromatic heterocycles. The summed E-state index contributed by atoms with van der Waals surface area (Å²) in [4.78, 5) is 2.47. The Morgan fingerprint density at radius 3 is 2.80 bits per heavy atom. The maximum absolute atomic E-state index is 2.47. The van der Waals surface area contributed by atoms with Crippen molar-refractivity contribution >= 4 is 7.41 Å². The average molecular weight is 138 g/mol. The lowest BCUT2D eigenvalue weighted by Crippen LogP contribution is -2.34. The van der Waals surface area contributed by atoms with E-state index >= 15 is 0 Å². The molecule has 10 heavy (non-hydrogen) atoms. The maximum Gasteiger partial charge on any atom is 0.205 e. The van der Waals surface area contributed by atoms with Crippen molar-refractivity contribution < 1.29 is 0 Å². The van der Waals surface area contributed by atoms with E-state index in [-0.39, 0.29) is 0 Å². The molecule has 1 nitrogen and oxygen atoms in total. The summed E-state index contributed by atoms with van der Waals surface area (Å²) in [6.07, 6.45) is 5.61. The first kappa shape index (κ1) is 8.12. The molecule has 0 aliphatic carbocycles. The standard InChI is InChI=1S/C8H17BN/c1-8-6-4-3-5-7-10(8)9-2/h8H,3-7H2,1-2H3. The molecule has 1 atom stereocenters. The van der Waals surface area contributed by atoms with Crippen LogP contribution in [0, 0.1) is 0 Å². The second-order valence-corrected chi connectivity index (χ2v) is 3.19. The van der Waals surface area contributed by atoms with Gasteiger partial charge >= 0.3 is 0 Å². The zero-order chi connectivity index (χ0) is 7.40. The SMILES string of the molecule is C[B]N1CCCCCC1C. The quantitative estimate of drug-likeness (QED) is 0.500. The Labute approximate surface area is 65.1 Å². The van der Waals surface area contributed by atoms with Crippen LogP contribution >= 0.6 is 0 Å². The molecule has 2 heteroatoms. The van der Waals surface area contributed by atoms with E-state index in [1.165, 1.54) is 32.2 Å². The third kappa shape index (κ3) is 2.01. The van der Waals surface area contributed by atoms with E-state index in [0.29, 0.717) is 0 Å². The van der Waals surface area contributed by atoms with Gasteiger partial charge in [-0.1, -0.05) is 26.6 Å². The monoisotopic (exact) mass is 138 g/mol. The van der Waals surface area contributed by atoms with Gasteiger partial charge in [0.1, 0.15) is 0 Å². The highest BCUT2D eigenvalue weighted by Crippen LogP contribution is 2.14. The molecule has 1 aliphatic heterocycles. The topological polar surface area (TPSA) is 3.24 Å². The zero-order valence-corrected chi connectivity index (χ0v) is 7.14. The van der Waals surface area contributed by atoms with Crippen LogP contribution in [0.4, 0.5) is 0 Å². The lowest BCUT2D eigenvalue weighted by atomic mass is 9.92. The molecule has 1 fully saturated rings. The van der Waals surface area contributed by atoms with Crippen LogP contribution in [0.1, 0.15) is 32.6 Å². The zero-order valence-electron chi connectivity index (χ0n) is 7.14. The van der Waals surface area contributed by atoms with Crippen molar-refractivity contribution in [1.82, 2.24) is 4.81 Å². The summed E-state index contributed by atoms with van der Waals surface area (Å²) in [5.74, 6) is 0. The summed E-state index contributed by atoms with van der Waals surface area (Å²) in [6.45, 7) is 5.74. The molecule has 57 valence electrons. The minimum Gasteiger partial charge on any atom is -0.345 e. The van der Waals surface area contributed by atoms with Gasteiger partial charge < -0.3 is 4.81 Å². The van der Waals surface area contributed by atoms with Crippen molar-refractivity contribution in [3.8, 4) is 0 Å². The van der Waals surface area contributed by atoms with E-state index in [2.05, 4.69) is 26.0 Å². The molecule has 0 amide bonds. The van der Waals surface area contributed by atoms with E-state index in [4.69, 9.17) is 0 Å². The maximum atomic E-state index is 2.47. The van der Waals surface area contributed by atoms with E-state index in [1.54, 1.807) is 0 Å². The highest BCUT2D eigenvalue weighted by Gasteiger charge is 2.14. The smallest absolute Gasteiger partial charge is 0.205 e. The lowest BCUT2D eigenvalue weighted by Gasteiger charge is -2.24. The number of hydrogen-bond donors (Lipinski definition) is 0. The van der Waals surface area contributed by atoms with Crippen LogP contribution in [0.5, 0.6) is 0 Å². The first-order valence-corrected chi connectivity index (χ1v) is 4.40. The van der Waals surface area contributed by atoms with Crippen molar-refractivity contribution in [1.29, 1.82) is 0 Å². The molecule has 0 bridgehead atoms. The number of rotatable bonds is 1. The second-order valence-electron chi connectivity index (χ2n) is 3.19. The summed E-state index contributed by atoms with van der Waals surface area (Å²) in [5.41, 5.74) is 0. The van der Waals surface area contributed by atoms with Gasteiger partial charge in [-0.15, -0.1) is 0 Å². The van der Waals surface area contributed by atoms with Gasteiger partial charge in [0.05, 0.1) is 0 Å². The van der Waals surface area contributed by atoms with Gasteiger partial charge in [0.2, 0.25) is 7.41 Å². The minimum atomic E-state index is 0.785. The van der Waals surface area contributed by atoms with E-state index in [0.717, 1.165) is 6.04 Å². The van der Waals surface area contributed by atoms with Crippen LogP contribution in [0.2, 0.25) is 6.82 Å². The first-order valence-electron chi connectivity index (χ1n) is 4.40. The molecular formula is C8H17BN. The summed E-state index contributed by atoms with van der Waals surface area (Å²) in [5, 5.41) is 0. The van der Waals surface area contributed by atoms with Crippen LogP contribution in [0.3, 0.4) is 0 Å².